The lowest BCUT2D eigenvalue weighted by molar-refractivity contribution is -0.118. The van der Waals surface area contributed by atoms with Gasteiger partial charge in [0.1, 0.15) is 5.75 Å². The van der Waals surface area contributed by atoms with Crippen LogP contribution in [0.3, 0.4) is 0 Å². The maximum Gasteiger partial charge on any atom is 0.262 e. The van der Waals surface area contributed by atoms with Crippen molar-refractivity contribution in [3.8, 4) is 5.75 Å². The Morgan fingerprint density at radius 3 is 2.43 bits per heavy atom. The molecule has 0 aliphatic rings. The number of anilines is 1. The van der Waals surface area contributed by atoms with Gasteiger partial charge in [0.25, 0.3) is 11.8 Å². The molecule has 0 radical (unpaired) electrons. The molecule has 0 aromatic heterocycles. The van der Waals surface area contributed by atoms with E-state index in [4.69, 9.17) is 16.3 Å². The van der Waals surface area contributed by atoms with Crippen molar-refractivity contribution in [2.24, 2.45) is 0 Å². The smallest absolute Gasteiger partial charge is 0.262 e. The third-order valence-electron chi connectivity index (χ3n) is 4.54. The largest absolute Gasteiger partial charge is 0.484 e. The Balaban J connectivity index is 1.64. The first kappa shape index (κ1) is 21.4. The average molecular weight is 423 g/mol. The summed E-state index contributed by atoms with van der Waals surface area (Å²) >= 11 is 6.00. The van der Waals surface area contributed by atoms with Crippen molar-refractivity contribution in [1.82, 2.24) is 4.90 Å². The third-order valence-corrected chi connectivity index (χ3v) is 4.96. The van der Waals surface area contributed by atoms with E-state index in [1.165, 1.54) is 0 Å². The second-order valence-corrected chi connectivity index (χ2v) is 7.35. The lowest BCUT2D eigenvalue weighted by Crippen LogP contribution is -2.28. The van der Waals surface area contributed by atoms with E-state index < -0.39 is 0 Å². The van der Waals surface area contributed by atoms with Gasteiger partial charge in [-0.15, -0.1) is 0 Å². The molecule has 0 atom stereocenters. The summed E-state index contributed by atoms with van der Waals surface area (Å²) in [6.45, 7) is 2.16. The molecule has 154 valence electrons. The normalized spacial score (nSPS) is 10.4. The zero-order valence-corrected chi connectivity index (χ0v) is 17.6. The van der Waals surface area contributed by atoms with E-state index in [1.54, 1.807) is 54.4 Å². The van der Waals surface area contributed by atoms with E-state index >= 15 is 0 Å². The van der Waals surface area contributed by atoms with Gasteiger partial charge < -0.3 is 15.0 Å². The Hall–Kier alpha value is -3.31. The van der Waals surface area contributed by atoms with E-state index in [1.807, 2.05) is 37.3 Å². The van der Waals surface area contributed by atoms with Crippen molar-refractivity contribution < 1.29 is 14.3 Å². The second kappa shape index (κ2) is 9.94. The SMILES string of the molecule is Cc1cc(OCC(=O)Nc2ccccc2C(=O)N(C)Cc2ccccc2)ccc1Cl. The van der Waals surface area contributed by atoms with Crippen LogP contribution in [-0.4, -0.2) is 30.4 Å². The fourth-order valence-corrected chi connectivity index (χ4v) is 3.07. The van der Waals surface area contributed by atoms with Crippen molar-refractivity contribution in [2.45, 2.75) is 13.5 Å². The zero-order valence-electron chi connectivity index (χ0n) is 16.9. The van der Waals surface area contributed by atoms with E-state index in [9.17, 15) is 9.59 Å². The quantitative estimate of drug-likeness (QED) is 0.586. The van der Waals surface area contributed by atoms with Crippen molar-refractivity contribution >= 4 is 29.1 Å². The highest BCUT2D eigenvalue weighted by atomic mass is 35.5. The molecule has 2 amide bonds. The van der Waals surface area contributed by atoms with Gasteiger partial charge in [0, 0.05) is 18.6 Å². The Kier molecular flexibility index (Phi) is 7.09. The summed E-state index contributed by atoms with van der Waals surface area (Å²) in [6.07, 6.45) is 0. The van der Waals surface area contributed by atoms with Crippen LogP contribution in [0.15, 0.2) is 72.8 Å². The number of hydrogen-bond acceptors (Lipinski definition) is 3. The van der Waals surface area contributed by atoms with Crippen LogP contribution >= 0.6 is 11.6 Å². The van der Waals surface area contributed by atoms with Gasteiger partial charge in [-0.05, 0) is 48.4 Å². The molecule has 0 fully saturated rings. The highest BCUT2D eigenvalue weighted by Gasteiger charge is 2.17. The number of amides is 2. The maximum absolute atomic E-state index is 12.9. The van der Waals surface area contributed by atoms with Crippen LogP contribution in [-0.2, 0) is 11.3 Å². The van der Waals surface area contributed by atoms with E-state index in [0.29, 0.717) is 28.6 Å². The lowest BCUT2D eigenvalue weighted by atomic mass is 10.1. The lowest BCUT2D eigenvalue weighted by Gasteiger charge is -2.19. The molecule has 0 bridgehead atoms. The molecule has 0 heterocycles. The van der Waals surface area contributed by atoms with E-state index in [-0.39, 0.29) is 18.4 Å². The molecule has 0 unspecified atom stereocenters. The van der Waals surface area contributed by atoms with Gasteiger partial charge in [-0.1, -0.05) is 54.1 Å². The Morgan fingerprint density at radius 1 is 1.00 bits per heavy atom. The van der Waals surface area contributed by atoms with Gasteiger partial charge in [-0.2, -0.15) is 0 Å². The summed E-state index contributed by atoms with van der Waals surface area (Å²) in [6, 6.07) is 21.9. The van der Waals surface area contributed by atoms with Gasteiger partial charge in [-0.3, -0.25) is 9.59 Å². The summed E-state index contributed by atoms with van der Waals surface area (Å²) in [7, 11) is 1.74. The fourth-order valence-electron chi connectivity index (χ4n) is 2.96. The van der Waals surface area contributed by atoms with Gasteiger partial charge in [0.2, 0.25) is 0 Å². The summed E-state index contributed by atoms with van der Waals surface area (Å²) in [5.41, 5.74) is 2.77. The third kappa shape index (κ3) is 5.61. The number of para-hydroxylation sites is 1. The molecule has 30 heavy (non-hydrogen) atoms. The molecule has 0 saturated heterocycles. The average Bonchev–Trinajstić information content (AvgIpc) is 2.75. The number of hydrogen-bond donors (Lipinski definition) is 1. The summed E-state index contributed by atoms with van der Waals surface area (Å²) in [4.78, 5) is 26.9. The molecule has 6 heteroatoms. The zero-order chi connectivity index (χ0) is 21.5. The minimum absolute atomic E-state index is 0.177. The molecule has 3 aromatic carbocycles. The van der Waals surface area contributed by atoms with Crippen molar-refractivity contribution in [3.63, 3.8) is 0 Å². The Labute approximate surface area is 181 Å². The highest BCUT2D eigenvalue weighted by Crippen LogP contribution is 2.21. The predicted octanol–water partition coefficient (Wildman–Crippen LogP) is 4.94. The number of halogens is 1. The second-order valence-electron chi connectivity index (χ2n) is 6.94. The molecule has 0 saturated carbocycles. The van der Waals surface area contributed by atoms with E-state index in [2.05, 4.69) is 5.32 Å². The van der Waals surface area contributed by atoms with Crippen molar-refractivity contribution in [2.75, 3.05) is 19.0 Å². The number of carbonyl (C=O) groups is 2. The molecule has 5 nitrogen and oxygen atoms in total. The highest BCUT2D eigenvalue weighted by molar-refractivity contribution is 6.31. The number of carbonyl (C=O) groups excluding carboxylic acids is 2. The number of ether oxygens (including phenoxy) is 1. The topological polar surface area (TPSA) is 58.6 Å². The Morgan fingerprint density at radius 2 is 1.70 bits per heavy atom. The molecule has 0 aliphatic carbocycles. The molecule has 0 aliphatic heterocycles. The summed E-state index contributed by atoms with van der Waals surface area (Å²) < 4.78 is 5.54. The minimum atomic E-state index is -0.353. The molecule has 0 spiro atoms. The predicted molar refractivity (Wildman–Crippen MR) is 119 cm³/mol. The number of nitrogens with zero attached hydrogens (tertiary/aromatic N) is 1. The fraction of sp³-hybridized carbons (Fsp3) is 0.167. The van der Waals surface area contributed by atoms with Crippen LogP contribution in [0.5, 0.6) is 5.75 Å². The van der Waals surface area contributed by atoms with E-state index in [0.717, 1.165) is 11.1 Å². The van der Waals surface area contributed by atoms with Crippen LogP contribution in [0.2, 0.25) is 5.02 Å². The first-order valence-electron chi connectivity index (χ1n) is 9.51. The van der Waals surface area contributed by atoms with Crippen LogP contribution in [0.4, 0.5) is 5.69 Å². The number of aryl methyl sites for hydroxylation is 1. The minimum Gasteiger partial charge on any atom is -0.484 e. The molecule has 3 aromatic rings. The molecule has 1 N–H and O–H groups in total. The number of rotatable bonds is 7. The van der Waals surface area contributed by atoms with Gasteiger partial charge in [0.15, 0.2) is 6.61 Å². The van der Waals surface area contributed by atoms with Crippen LogP contribution < -0.4 is 10.1 Å². The summed E-state index contributed by atoms with van der Waals surface area (Å²) in [5.74, 6) is 0.0246. The van der Waals surface area contributed by atoms with Gasteiger partial charge >= 0.3 is 0 Å². The first-order chi connectivity index (χ1) is 14.4. The molecule has 3 rings (SSSR count). The van der Waals surface area contributed by atoms with Crippen LogP contribution in [0, 0.1) is 6.92 Å². The maximum atomic E-state index is 12.9. The number of nitrogens with one attached hydrogen (secondary N) is 1. The monoisotopic (exact) mass is 422 g/mol. The van der Waals surface area contributed by atoms with Gasteiger partial charge in [-0.25, -0.2) is 0 Å². The first-order valence-corrected chi connectivity index (χ1v) is 9.89. The molecular formula is C24H23ClN2O3. The van der Waals surface area contributed by atoms with Crippen molar-refractivity contribution in [3.05, 3.63) is 94.5 Å². The van der Waals surface area contributed by atoms with Gasteiger partial charge in [0.05, 0.1) is 11.3 Å². The van der Waals surface area contributed by atoms with Crippen molar-refractivity contribution in [1.29, 1.82) is 0 Å². The Bertz CT molecular complexity index is 1040. The summed E-state index contributed by atoms with van der Waals surface area (Å²) in [5, 5.41) is 3.41. The number of benzene rings is 3. The molecular weight excluding hydrogens is 400 g/mol. The van der Waals surface area contributed by atoms with Crippen LogP contribution in [0.25, 0.3) is 0 Å². The van der Waals surface area contributed by atoms with Crippen LogP contribution in [0.1, 0.15) is 21.5 Å². The standard InChI is InChI=1S/C24H23ClN2O3/c1-17-14-19(12-13-21(17)25)30-16-23(28)26-22-11-7-6-10-20(22)24(29)27(2)15-18-8-4-3-5-9-18/h3-14H,15-16H2,1-2H3,(H,26,28).